The highest BCUT2D eigenvalue weighted by molar-refractivity contribution is 5.89. The first-order valence-electron chi connectivity index (χ1n) is 9.56. The predicted molar refractivity (Wildman–Crippen MR) is 109 cm³/mol. The van der Waals surface area contributed by atoms with Gasteiger partial charge < -0.3 is 24.4 Å². The minimum Gasteiger partial charge on any atom is -0.545 e. The fourth-order valence-electron chi connectivity index (χ4n) is 3.60. The molecule has 1 aliphatic rings. The van der Waals surface area contributed by atoms with Gasteiger partial charge in [0.1, 0.15) is 5.75 Å². The van der Waals surface area contributed by atoms with Crippen molar-refractivity contribution < 1.29 is 19.4 Å². The van der Waals surface area contributed by atoms with Crippen molar-refractivity contribution in [2.75, 3.05) is 37.7 Å². The summed E-state index contributed by atoms with van der Waals surface area (Å²) in [7, 11) is 0. The first-order chi connectivity index (χ1) is 14.1. The standard InChI is InChI=1S/C23H22N2O4/c26-22(16-29-21-10-4-6-17-5-1-2-9-20(17)21)25-13-11-24(12-14-25)19-8-3-7-18(15-19)23(27)28/h1-10,15H,11-14,16H2,(H,27,28)/p-1. The Hall–Kier alpha value is -3.54. The van der Waals surface area contributed by atoms with E-state index in [1.165, 1.54) is 6.07 Å². The number of rotatable bonds is 5. The summed E-state index contributed by atoms with van der Waals surface area (Å²) in [6, 6.07) is 20.4. The molecule has 1 amide bonds. The molecule has 148 valence electrons. The lowest BCUT2D eigenvalue weighted by Gasteiger charge is -2.36. The maximum atomic E-state index is 12.6. The number of hydrogen-bond donors (Lipinski definition) is 0. The zero-order valence-corrected chi connectivity index (χ0v) is 15.9. The summed E-state index contributed by atoms with van der Waals surface area (Å²) < 4.78 is 5.81. The Kier molecular flexibility index (Phi) is 5.33. The highest BCUT2D eigenvalue weighted by Crippen LogP contribution is 2.25. The van der Waals surface area contributed by atoms with E-state index in [1.807, 2.05) is 48.5 Å². The van der Waals surface area contributed by atoms with Crippen molar-refractivity contribution >= 4 is 28.3 Å². The van der Waals surface area contributed by atoms with Gasteiger partial charge in [-0.15, -0.1) is 0 Å². The van der Waals surface area contributed by atoms with E-state index in [0.717, 1.165) is 16.5 Å². The number of piperazine rings is 1. The number of nitrogens with zero attached hydrogens (tertiary/aromatic N) is 2. The van der Waals surface area contributed by atoms with Crippen LogP contribution in [-0.2, 0) is 4.79 Å². The molecular formula is C23H21N2O4-. The molecule has 29 heavy (non-hydrogen) atoms. The average molecular weight is 389 g/mol. The highest BCUT2D eigenvalue weighted by atomic mass is 16.5. The molecule has 6 heteroatoms. The molecule has 0 unspecified atom stereocenters. The molecule has 3 aromatic rings. The number of aromatic carboxylic acids is 1. The van der Waals surface area contributed by atoms with E-state index in [1.54, 1.807) is 17.0 Å². The Morgan fingerprint density at radius 1 is 0.897 bits per heavy atom. The van der Waals surface area contributed by atoms with E-state index in [4.69, 9.17) is 4.74 Å². The summed E-state index contributed by atoms with van der Waals surface area (Å²) in [6.07, 6.45) is 0. The molecule has 0 saturated carbocycles. The van der Waals surface area contributed by atoms with Crippen LogP contribution in [0.25, 0.3) is 10.8 Å². The molecule has 0 bridgehead atoms. The fourth-order valence-corrected chi connectivity index (χ4v) is 3.60. The Bertz CT molecular complexity index is 1040. The van der Waals surface area contributed by atoms with E-state index < -0.39 is 5.97 Å². The zero-order valence-electron chi connectivity index (χ0n) is 15.9. The number of benzene rings is 3. The lowest BCUT2D eigenvalue weighted by Crippen LogP contribution is -2.50. The minimum absolute atomic E-state index is 0.00578. The van der Waals surface area contributed by atoms with Crippen LogP contribution in [0, 0.1) is 0 Å². The number of carboxylic acids is 1. The van der Waals surface area contributed by atoms with Crippen LogP contribution in [0.3, 0.4) is 0 Å². The van der Waals surface area contributed by atoms with Crippen molar-refractivity contribution in [2.24, 2.45) is 0 Å². The van der Waals surface area contributed by atoms with Crippen molar-refractivity contribution in [1.29, 1.82) is 0 Å². The van der Waals surface area contributed by atoms with E-state index in [-0.39, 0.29) is 18.1 Å². The molecule has 0 aromatic heterocycles. The van der Waals surface area contributed by atoms with Crippen LogP contribution in [0.4, 0.5) is 5.69 Å². The van der Waals surface area contributed by atoms with E-state index >= 15 is 0 Å². The largest absolute Gasteiger partial charge is 0.545 e. The molecular weight excluding hydrogens is 368 g/mol. The summed E-state index contributed by atoms with van der Waals surface area (Å²) in [5.41, 5.74) is 0.982. The smallest absolute Gasteiger partial charge is 0.260 e. The van der Waals surface area contributed by atoms with Gasteiger partial charge in [-0.1, -0.05) is 48.5 Å². The Balaban J connectivity index is 1.34. The van der Waals surface area contributed by atoms with Crippen molar-refractivity contribution in [3.8, 4) is 5.75 Å². The van der Waals surface area contributed by atoms with Gasteiger partial charge in [0.2, 0.25) is 0 Å². The molecule has 3 aromatic carbocycles. The third kappa shape index (κ3) is 4.16. The highest BCUT2D eigenvalue weighted by Gasteiger charge is 2.22. The Labute approximate surface area is 168 Å². The third-order valence-electron chi connectivity index (χ3n) is 5.18. The Morgan fingerprint density at radius 2 is 1.62 bits per heavy atom. The number of carbonyl (C=O) groups is 2. The van der Waals surface area contributed by atoms with Crippen LogP contribution in [0.5, 0.6) is 5.75 Å². The molecule has 0 radical (unpaired) electrons. The average Bonchev–Trinajstić information content (AvgIpc) is 2.77. The number of carbonyl (C=O) groups excluding carboxylic acids is 2. The number of carboxylic acid groups (broad SMARTS) is 1. The van der Waals surface area contributed by atoms with Gasteiger partial charge in [-0.05, 0) is 29.1 Å². The summed E-state index contributed by atoms with van der Waals surface area (Å²) >= 11 is 0. The number of ether oxygens (including phenoxy) is 1. The summed E-state index contributed by atoms with van der Waals surface area (Å²) in [4.78, 5) is 27.5. The maximum Gasteiger partial charge on any atom is 0.260 e. The zero-order chi connectivity index (χ0) is 20.2. The second kappa shape index (κ2) is 8.22. The number of fused-ring (bicyclic) bond motifs is 1. The SMILES string of the molecule is O=C([O-])c1cccc(N2CCN(C(=O)COc3cccc4ccccc34)CC2)c1. The number of hydrogen-bond acceptors (Lipinski definition) is 5. The van der Waals surface area contributed by atoms with Crippen LogP contribution < -0.4 is 14.7 Å². The second-order valence-electron chi connectivity index (χ2n) is 6.97. The second-order valence-corrected chi connectivity index (χ2v) is 6.97. The lowest BCUT2D eigenvalue weighted by atomic mass is 10.1. The van der Waals surface area contributed by atoms with E-state index in [9.17, 15) is 14.7 Å². The van der Waals surface area contributed by atoms with Crippen molar-refractivity contribution in [2.45, 2.75) is 0 Å². The molecule has 0 N–H and O–H groups in total. The third-order valence-corrected chi connectivity index (χ3v) is 5.18. The quantitative estimate of drug-likeness (QED) is 0.667. The van der Waals surface area contributed by atoms with E-state index in [2.05, 4.69) is 4.90 Å². The first kappa shape index (κ1) is 18.8. The van der Waals surface area contributed by atoms with Gasteiger partial charge in [-0.25, -0.2) is 0 Å². The lowest BCUT2D eigenvalue weighted by molar-refractivity contribution is -0.255. The molecule has 0 aliphatic carbocycles. The van der Waals surface area contributed by atoms with Gasteiger partial charge in [-0.3, -0.25) is 4.79 Å². The molecule has 1 aliphatic heterocycles. The minimum atomic E-state index is -1.19. The van der Waals surface area contributed by atoms with Crippen LogP contribution in [-0.4, -0.2) is 49.6 Å². The monoisotopic (exact) mass is 389 g/mol. The van der Waals surface area contributed by atoms with Gasteiger partial charge in [0.25, 0.3) is 5.91 Å². The number of anilines is 1. The van der Waals surface area contributed by atoms with Gasteiger partial charge >= 0.3 is 0 Å². The van der Waals surface area contributed by atoms with Gasteiger partial charge in [-0.2, -0.15) is 0 Å². The van der Waals surface area contributed by atoms with E-state index in [0.29, 0.717) is 31.9 Å². The van der Waals surface area contributed by atoms with Crippen LogP contribution >= 0.6 is 0 Å². The molecule has 4 rings (SSSR count). The Morgan fingerprint density at radius 3 is 2.41 bits per heavy atom. The van der Waals surface area contributed by atoms with Crippen molar-refractivity contribution in [1.82, 2.24) is 4.90 Å². The molecule has 0 atom stereocenters. The topological polar surface area (TPSA) is 72.9 Å². The molecule has 1 fully saturated rings. The van der Waals surface area contributed by atoms with Crippen LogP contribution in [0.2, 0.25) is 0 Å². The van der Waals surface area contributed by atoms with Gasteiger partial charge in [0.15, 0.2) is 6.61 Å². The van der Waals surface area contributed by atoms with Gasteiger partial charge in [0.05, 0.1) is 5.97 Å². The number of amides is 1. The fraction of sp³-hybridized carbons (Fsp3) is 0.217. The summed E-state index contributed by atoms with van der Waals surface area (Å²) in [5.74, 6) is -0.540. The van der Waals surface area contributed by atoms with Crippen LogP contribution in [0.15, 0.2) is 66.7 Å². The van der Waals surface area contributed by atoms with Crippen molar-refractivity contribution in [3.05, 3.63) is 72.3 Å². The predicted octanol–water partition coefficient (Wildman–Crippen LogP) is 1.93. The maximum absolute atomic E-state index is 12.6. The summed E-state index contributed by atoms with van der Waals surface area (Å²) in [5, 5.41) is 13.1. The van der Waals surface area contributed by atoms with Crippen molar-refractivity contribution in [3.63, 3.8) is 0 Å². The van der Waals surface area contributed by atoms with Gasteiger partial charge in [0, 0.05) is 37.3 Å². The normalized spacial score (nSPS) is 14.1. The molecule has 6 nitrogen and oxygen atoms in total. The first-order valence-corrected chi connectivity index (χ1v) is 9.56. The summed E-state index contributed by atoms with van der Waals surface area (Å²) in [6.45, 7) is 2.39. The molecule has 1 heterocycles. The van der Waals surface area contributed by atoms with Crippen LogP contribution in [0.1, 0.15) is 10.4 Å². The molecule has 1 saturated heterocycles. The molecule has 0 spiro atoms.